The van der Waals surface area contributed by atoms with Gasteiger partial charge in [0.05, 0.1) is 18.6 Å². The summed E-state index contributed by atoms with van der Waals surface area (Å²) >= 11 is 1.28. The number of rotatable bonds is 7. The monoisotopic (exact) mass is 421 g/mol. The summed E-state index contributed by atoms with van der Waals surface area (Å²) in [6.07, 6.45) is 1.44. The second kappa shape index (κ2) is 8.83. The van der Waals surface area contributed by atoms with Crippen LogP contribution < -0.4 is 10.6 Å². The summed E-state index contributed by atoms with van der Waals surface area (Å²) in [6, 6.07) is 17.0. The zero-order valence-electron chi connectivity index (χ0n) is 16.2. The smallest absolute Gasteiger partial charge is 0.287 e. The molecular weight excluding hydrogens is 402 g/mol. The van der Waals surface area contributed by atoms with Crippen LogP contribution in [0.1, 0.15) is 16.4 Å². The molecule has 0 unspecified atom stereocenters. The molecule has 152 valence electrons. The molecule has 0 bridgehead atoms. The van der Waals surface area contributed by atoms with E-state index in [-0.39, 0.29) is 29.9 Å². The number of aromatic nitrogens is 3. The van der Waals surface area contributed by atoms with Crippen molar-refractivity contribution in [3.8, 4) is 0 Å². The third kappa shape index (κ3) is 4.52. The van der Waals surface area contributed by atoms with Crippen molar-refractivity contribution in [2.24, 2.45) is 7.05 Å². The fourth-order valence-electron chi connectivity index (χ4n) is 2.87. The molecule has 0 atom stereocenters. The van der Waals surface area contributed by atoms with Gasteiger partial charge in [0.25, 0.3) is 5.91 Å². The molecule has 0 fully saturated rings. The molecule has 2 amide bonds. The van der Waals surface area contributed by atoms with E-state index < -0.39 is 0 Å². The molecule has 2 aromatic heterocycles. The van der Waals surface area contributed by atoms with Crippen molar-refractivity contribution in [3.05, 3.63) is 72.4 Å². The molecule has 2 N–H and O–H groups in total. The van der Waals surface area contributed by atoms with Gasteiger partial charge in [-0.3, -0.25) is 9.59 Å². The van der Waals surface area contributed by atoms with Gasteiger partial charge in [0, 0.05) is 12.7 Å². The average Bonchev–Trinajstić information content (AvgIpc) is 3.41. The van der Waals surface area contributed by atoms with Gasteiger partial charge in [0.15, 0.2) is 16.7 Å². The number of amides is 2. The van der Waals surface area contributed by atoms with Gasteiger partial charge in [-0.05, 0) is 35.0 Å². The molecule has 4 aromatic rings. The normalized spacial score (nSPS) is 10.8. The number of nitrogens with zero attached hydrogens (tertiary/aromatic N) is 3. The van der Waals surface area contributed by atoms with E-state index in [0.717, 1.165) is 16.5 Å². The fourth-order valence-corrected chi connectivity index (χ4v) is 3.60. The molecule has 2 aromatic carbocycles. The number of benzene rings is 2. The molecule has 30 heavy (non-hydrogen) atoms. The zero-order valence-corrected chi connectivity index (χ0v) is 17.0. The third-order valence-corrected chi connectivity index (χ3v) is 5.46. The quantitative estimate of drug-likeness (QED) is 0.444. The van der Waals surface area contributed by atoms with Gasteiger partial charge in [-0.1, -0.05) is 42.1 Å². The number of hydrogen-bond donors (Lipinski definition) is 2. The lowest BCUT2D eigenvalue weighted by molar-refractivity contribution is -0.113. The Balaban J connectivity index is 1.31. The molecule has 2 heterocycles. The van der Waals surface area contributed by atoms with Crippen LogP contribution in [0.3, 0.4) is 0 Å². The van der Waals surface area contributed by atoms with Gasteiger partial charge in [-0.2, -0.15) is 0 Å². The van der Waals surface area contributed by atoms with Crippen molar-refractivity contribution in [1.29, 1.82) is 0 Å². The molecule has 0 aliphatic heterocycles. The van der Waals surface area contributed by atoms with Crippen molar-refractivity contribution in [2.45, 2.75) is 11.7 Å². The van der Waals surface area contributed by atoms with Gasteiger partial charge >= 0.3 is 0 Å². The highest BCUT2D eigenvalue weighted by Gasteiger charge is 2.14. The second-order valence-electron chi connectivity index (χ2n) is 6.52. The number of carbonyl (C=O) groups excluding carboxylic acids is 2. The summed E-state index contributed by atoms with van der Waals surface area (Å²) in [5, 5.41) is 16.6. The number of hydrogen-bond acceptors (Lipinski definition) is 6. The Morgan fingerprint density at radius 2 is 1.90 bits per heavy atom. The minimum absolute atomic E-state index is 0.133. The predicted octanol–water partition coefficient (Wildman–Crippen LogP) is 3.22. The first-order valence-electron chi connectivity index (χ1n) is 9.21. The van der Waals surface area contributed by atoms with E-state index >= 15 is 0 Å². The van der Waals surface area contributed by atoms with Crippen LogP contribution in [-0.2, 0) is 18.4 Å². The Morgan fingerprint density at radius 3 is 2.70 bits per heavy atom. The van der Waals surface area contributed by atoms with Gasteiger partial charge in [0.1, 0.15) is 0 Å². The molecule has 9 heteroatoms. The molecule has 0 aliphatic carbocycles. The third-order valence-electron chi connectivity index (χ3n) is 4.44. The van der Waals surface area contributed by atoms with E-state index in [1.54, 1.807) is 23.7 Å². The highest BCUT2D eigenvalue weighted by molar-refractivity contribution is 7.99. The number of fused-ring (bicyclic) bond motifs is 1. The van der Waals surface area contributed by atoms with Crippen LogP contribution in [0.2, 0.25) is 0 Å². The first-order valence-corrected chi connectivity index (χ1v) is 10.2. The topological polar surface area (TPSA) is 102 Å². The molecule has 8 nitrogen and oxygen atoms in total. The maximum atomic E-state index is 12.3. The minimum atomic E-state index is -0.327. The molecule has 4 rings (SSSR count). The highest BCUT2D eigenvalue weighted by Crippen LogP contribution is 2.20. The lowest BCUT2D eigenvalue weighted by atomic mass is 10.1. The standard InChI is InChI=1S/C21H19N5O3S/c1-26-18(12-22-20(28)17-7-4-10-29-17)24-25-21(26)30-13-19(27)23-16-9-8-14-5-2-3-6-15(14)11-16/h2-11H,12-13H2,1H3,(H,22,28)(H,23,27). The summed E-state index contributed by atoms with van der Waals surface area (Å²) < 4.78 is 6.80. The van der Waals surface area contributed by atoms with Crippen LogP contribution in [0.25, 0.3) is 10.8 Å². The van der Waals surface area contributed by atoms with Gasteiger partial charge in [-0.15, -0.1) is 10.2 Å². The summed E-state index contributed by atoms with van der Waals surface area (Å²) in [6.45, 7) is 0.201. The molecule has 0 spiro atoms. The molecule has 0 saturated heterocycles. The van der Waals surface area contributed by atoms with Crippen LogP contribution in [0.5, 0.6) is 0 Å². The van der Waals surface area contributed by atoms with E-state index in [0.29, 0.717) is 11.0 Å². The van der Waals surface area contributed by atoms with Gasteiger partial charge in [0.2, 0.25) is 5.91 Å². The Bertz CT molecular complexity index is 1190. The van der Waals surface area contributed by atoms with E-state index in [1.807, 2.05) is 42.5 Å². The Kier molecular flexibility index (Phi) is 5.80. The molecular formula is C21H19N5O3S. The fraction of sp³-hybridized carbons (Fsp3) is 0.143. The Morgan fingerprint density at radius 1 is 1.07 bits per heavy atom. The second-order valence-corrected chi connectivity index (χ2v) is 7.46. The van der Waals surface area contributed by atoms with E-state index in [2.05, 4.69) is 20.8 Å². The summed E-state index contributed by atoms with van der Waals surface area (Å²) in [7, 11) is 1.79. The van der Waals surface area contributed by atoms with Crippen LogP contribution >= 0.6 is 11.8 Å². The van der Waals surface area contributed by atoms with E-state index in [4.69, 9.17) is 4.42 Å². The molecule has 0 saturated carbocycles. The molecule has 0 aliphatic rings. The van der Waals surface area contributed by atoms with Crippen LogP contribution in [0.4, 0.5) is 5.69 Å². The first-order chi connectivity index (χ1) is 14.6. The highest BCUT2D eigenvalue weighted by atomic mass is 32.2. The minimum Gasteiger partial charge on any atom is -0.459 e. The van der Waals surface area contributed by atoms with Crippen LogP contribution in [0, 0.1) is 0 Å². The number of anilines is 1. The zero-order chi connectivity index (χ0) is 20.9. The maximum absolute atomic E-state index is 12.3. The summed E-state index contributed by atoms with van der Waals surface area (Å²) in [5.74, 6) is 0.541. The van der Waals surface area contributed by atoms with Crippen LogP contribution in [-0.4, -0.2) is 32.3 Å². The maximum Gasteiger partial charge on any atom is 0.287 e. The summed E-state index contributed by atoms with van der Waals surface area (Å²) in [4.78, 5) is 24.3. The number of furan rings is 1. The molecule has 0 radical (unpaired) electrons. The van der Waals surface area contributed by atoms with Crippen LogP contribution in [0.15, 0.2) is 70.4 Å². The Hall–Kier alpha value is -3.59. The number of nitrogens with one attached hydrogen (secondary N) is 2. The van der Waals surface area contributed by atoms with Crippen molar-refractivity contribution < 1.29 is 14.0 Å². The summed E-state index contributed by atoms with van der Waals surface area (Å²) in [5.41, 5.74) is 0.749. The average molecular weight is 421 g/mol. The Labute approximate surface area is 176 Å². The van der Waals surface area contributed by atoms with Crippen molar-refractivity contribution in [3.63, 3.8) is 0 Å². The van der Waals surface area contributed by atoms with Crippen molar-refractivity contribution in [2.75, 3.05) is 11.1 Å². The van der Waals surface area contributed by atoms with E-state index in [1.165, 1.54) is 18.0 Å². The van der Waals surface area contributed by atoms with E-state index in [9.17, 15) is 9.59 Å². The lowest BCUT2D eigenvalue weighted by Gasteiger charge is -2.07. The first kappa shape index (κ1) is 19.7. The van der Waals surface area contributed by atoms with Crippen molar-refractivity contribution in [1.82, 2.24) is 20.1 Å². The number of thioether (sulfide) groups is 1. The largest absolute Gasteiger partial charge is 0.459 e. The van der Waals surface area contributed by atoms with Gasteiger partial charge < -0.3 is 19.6 Å². The lowest BCUT2D eigenvalue weighted by Crippen LogP contribution is -2.24. The van der Waals surface area contributed by atoms with Gasteiger partial charge in [-0.25, -0.2) is 0 Å². The predicted molar refractivity (Wildman–Crippen MR) is 114 cm³/mol. The van der Waals surface area contributed by atoms with Crippen molar-refractivity contribution >= 4 is 40.0 Å². The number of carbonyl (C=O) groups is 2. The SMILES string of the molecule is Cn1c(CNC(=O)c2ccco2)nnc1SCC(=O)Nc1ccc2ccccc2c1.